The Morgan fingerprint density at radius 1 is 1.12 bits per heavy atom. The Hall–Kier alpha value is -3.26. The fraction of sp³-hybridized carbons (Fsp3) is 0.346. The van der Waals surface area contributed by atoms with Gasteiger partial charge in [0, 0.05) is 23.5 Å². The summed E-state index contributed by atoms with van der Waals surface area (Å²) in [5.74, 6) is -0.956. The van der Waals surface area contributed by atoms with E-state index in [0.29, 0.717) is 41.5 Å². The van der Waals surface area contributed by atoms with E-state index < -0.39 is 22.4 Å². The highest BCUT2D eigenvalue weighted by Gasteiger charge is 2.34. The molecule has 1 saturated heterocycles. The molecule has 2 heterocycles. The van der Waals surface area contributed by atoms with Gasteiger partial charge in [0.25, 0.3) is 5.91 Å². The van der Waals surface area contributed by atoms with Gasteiger partial charge in [0.15, 0.2) is 16.4 Å². The van der Waals surface area contributed by atoms with Crippen molar-refractivity contribution < 1.29 is 22.7 Å². The third-order valence-corrected chi connectivity index (χ3v) is 7.79. The van der Waals surface area contributed by atoms with Crippen LogP contribution in [-0.4, -0.2) is 60.9 Å². The zero-order valence-corrected chi connectivity index (χ0v) is 20.2. The molecule has 3 aromatic rings. The molecule has 0 saturated carbocycles. The van der Waals surface area contributed by atoms with E-state index in [2.05, 4.69) is 0 Å². The number of aromatic nitrogens is 1. The van der Waals surface area contributed by atoms with E-state index in [1.807, 2.05) is 56.3 Å². The number of esters is 1. The quantitative estimate of drug-likeness (QED) is 0.478. The van der Waals surface area contributed by atoms with Gasteiger partial charge in [-0.15, -0.1) is 0 Å². The second-order valence-electron chi connectivity index (χ2n) is 8.66. The van der Waals surface area contributed by atoms with Crippen LogP contribution in [-0.2, 0) is 19.4 Å². The van der Waals surface area contributed by atoms with E-state index >= 15 is 0 Å². The van der Waals surface area contributed by atoms with Crippen LogP contribution in [0.4, 0.5) is 0 Å². The molecule has 8 heteroatoms. The molecule has 0 radical (unpaired) electrons. The number of amides is 1. The van der Waals surface area contributed by atoms with Gasteiger partial charge in [-0.1, -0.05) is 55.0 Å². The number of nitrogens with zero attached hydrogens (tertiary/aromatic N) is 2. The van der Waals surface area contributed by atoms with Crippen molar-refractivity contribution in [3.63, 3.8) is 0 Å². The Labute approximate surface area is 199 Å². The molecule has 4 rings (SSSR count). The summed E-state index contributed by atoms with van der Waals surface area (Å²) in [6.45, 7) is 3.91. The van der Waals surface area contributed by atoms with Gasteiger partial charge >= 0.3 is 5.97 Å². The highest BCUT2D eigenvalue weighted by Crippen LogP contribution is 2.26. The minimum Gasteiger partial charge on any atom is -0.452 e. The van der Waals surface area contributed by atoms with E-state index in [4.69, 9.17) is 9.72 Å². The number of hydrogen-bond acceptors (Lipinski definition) is 6. The Bertz CT molecular complexity index is 1320. The number of carbonyl (C=O) groups excluding carboxylic acids is 2. The minimum absolute atomic E-state index is 0.0401. The zero-order valence-electron chi connectivity index (χ0n) is 19.4. The summed E-state index contributed by atoms with van der Waals surface area (Å²) in [4.78, 5) is 32.2. The summed E-state index contributed by atoms with van der Waals surface area (Å²) in [5, 5.41) is 0.642. The molecule has 34 heavy (non-hydrogen) atoms. The lowest BCUT2D eigenvalue weighted by molar-refractivity contribution is -0.136. The van der Waals surface area contributed by atoms with Crippen LogP contribution in [0.2, 0.25) is 0 Å². The largest absolute Gasteiger partial charge is 0.452 e. The van der Waals surface area contributed by atoms with E-state index in [1.54, 1.807) is 17.0 Å². The summed E-state index contributed by atoms with van der Waals surface area (Å²) < 4.78 is 29.2. The smallest absolute Gasteiger partial charge is 0.339 e. The first-order valence-corrected chi connectivity index (χ1v) is 13.2. The number of ether oxygens (including phenoxy) is 1. The van der Waals surface area contributed by atoms with Gasteiger partial charge in [0.2, 0.25) is 0 Å². The van der Waals surface area contributed by atoms with Crippen molar-refractivity contribution in [2.75, 3.05) is 24.7 Å². The number of para-hydroxylation sites is 1. The van der Waals surface area contributed by atoms with Gasteiger partial charge in [-0.05, 0) is 31.9 Å². The molecule has 1 fully saturated rings. The Morgan fingerprint density at radius 3 is 2.53 bits per heavy atom. The fourth-order valence-electron chi connectivity index (χ4n) is 4.28. The van der Waals surface area contributed by atoms with Crippen LogP contribution in [0.1, 0.15) is 35.7 Å². The van der Waals surface area contributed by atoms with Gasteiger partial charge in [-0.2, -0.15) is 0 Å². The minimum atomic E-state index is -3.13. The third-order valence-electron chi connectivity index (χ3n) is 6.04. The molecule has 1 aliphatic rings. The van der Waals surface area contributed by atoms with Crippen molar-refractivity contribution >= 4 is 32.6 Å². The number of pyridine rings is 1. The average molecular weight is 481 g/mol. The molecule has 0 spiro atoms. The second kappa shape index (κ2) is 9.93. The van der Waals surface area contributed by atoms with E-state index in [-0.39, 0.29) is 23.5 Å². The van der Waals surface area contributed by atoms with Crippen molar-refractivity contribution in [1.82, 2.24) is 9.88 Å². The monoisotopic (exact) mass is 480 g/mol. The lowest BCUT2D eigenvalue weighted by atomic mass is 10.0. The molecular weight excluding hydrogens is 452 g/mol. The number of rotatable bonds is 7. The number of carbonyl (C=O) groups is 2. The molecule has 1 unspecified atom stereocenters. The van der Waals surface area contributed by atoms with E-state index in [0.717, 1.165) is 11.1 Å². The summed E-state index contributed by atoms with van der Waals surface area (Å²) in [7, 11) is -3.13. The van der Waals surface area contributed by atoms with Gasteiger partial charge < -0.3 is 9.64 Å². The van der Waals surface area contributed by atoms with Gasteiger partial charge in [0.05, 0.1) is 28.3 Å². The number of fused-ring (bicyclic) bond motifs is 1. The van der Waals surface area contributed by atoms with Crippen molar-refractivity contribution in [3.8, 4) is 11.3 Å². The highest BCUT2D eigenvalue weighted by atomic mass is 32.2. The molecule has 0 N–H and O–H groups in total. The molecule has 1 atom stereocenters. The first kappa shape index (κ1) is 23.9. The van der Waals surface area contributed by atoms with Crippen LogP contribution in [0.3, 0.4) is 0 Å². The van der Waals surface area contributed by atoms with Crippen LogP contribution < -0.4 is 0 Å². The Morgan fingerprint density at radius 2 is 1.85 bits per heavy atom. The van der Waals surface area contributed by atoms with Gasteiger partial charge in [-0.25, -0.2) is 18.2 Å². The van der Waals surface area contributed by atoms with Crippen molar-refractivity contribution in [1.29, 1.82) is 0 Å². The fourth-order valence-corrected chi connectivity index (χ4v) is 6.01. The SMILES string of the molecule is CCCN(C(=O)COC(=O)c1cc(-c2ccc(C)cc2)nc2ccccc12)C1CCS(=O)(=O)C1. The summed E-state index contributed by atoms with van der Waals surface area (Å²) in [6.07, 6.45) is 1.10. The lowest BCUT2D eigenvalue weighted by Gasteiger charge is -2.27. The molecule has 0 bridgehead atoms. The van der Waals surface area contributed by atoms with Crippen LogP contribution in [0.25, 0.3) is 22.2 Å². The number of aryl methyl sites for hydroxylation is 1. The predicted octanol–water partition coefficient (Wildman–Crippen LogP) is 3.79. The molecule has 1 aromatic heterocycles. The van der Waals surface area contributed by atoms with Crippen LogP contribution in [0, 0.1) is 6.92 Å². The molecule has 2 aromatic carbocycles. The molecule has 7 nitrogen and oxygen atoms in total. The number of benzene rings is 2. The van der Waals surface area contributed by atoms with Crippen molar-refractivity contribution in [2.24, 2.45) is 0 Å². The van der Waals surface area contributed by atoms with Gasteiger partial charge in [0.1, 0.15) is 0 Å². The summed E-state index contributed by atoms with van der Waals surface area (Å²) in [6, 6.07) is 16.5. The maximum Gasteiger partial charge on any atom is 0.339 e. The second-order valence-corrected chi connectivity index (χ2v) is 10.9. The Balaban J connectivity index is 1.56. The molecule has 178 valence electrons. The van der Waals surface area contributed by atoms with Crippen LogP contribution >= 0.6 is 0 Å². The lowest BCUT2D eigenvalue weighted by Crippen LogP contribution is -2.43. The first-order chi connectivity index (χ1) is 16.3. The van der Waals surface area contributed by atoms with E-state index in [9.17, 15) is 18.0 Å². The predicted molar refractivity (Wildman–Crippen MR) is 131 cm³/mol. The van der Waals surface area contributed by atoms with Crippen LogP contribution in [0.5, 0.6) is 0 Å². The summed E-state index contributed by atoms with van der Waals surface area (Å²) in [5.41, 5.74) is 3.62. The zero-order chi connectivity index (χ0) is 24.3. The van der Waals surface area contributed by atoms with Gasteiger partial charge in [-0.3, -0.25) is 4.79 Å². The third kappa shape index (κ3) is 5.28. The standard InChI is InChI=1S/C26H28N2O5S/c1-3-13-28(20-12-14-34(31,32)17-20)25(29)16-33-26(30)22-15-24(19-10-8-18(2)9-11-19)27-23-7-5-4-6-21(22)23/h4-11,15,20H,3,12-14,16-17H2,1-2H3. The first-order valence-electron chi connectivity index (χ1n) is 11.4. The summed E-state index contributed by atoms with van der Waals surface area (Å²) >= 11 is 0. The number of sulfone groups is 1. The normalized spacial score (nSPS) is 16.9. The highest BCUT2D eigenvalue weighted by molar-refractivity contribution is 7.91. The van der Waals surface area contributed by atoms with Crippen LogP contribution in [0.15, 0.2) is 54.6 Å². The van der Waals surface area contributed by atoms with E-state index in [1.165, 1.54) is 0 Å². The maximum atomic E-state index is 13.1. The average Bonchev–Trinajstić information content (AvgIpc) is 3.19. The molecular formula is C26H28N2O5S. The number of hydrogen-bond donors (Lipinski definition) is 0. The molecule has 1 aliphatic heterocycles. The topological polar surface area (TPSA) is 93.6 Å². The van der Waals surface area contributed by atoms with Crippen molar-refractivity contribution in [3.05, 3.63) is 65.7 Å². The molecule has 0 aliphatic carbocycles. The Kier molecular flexibility index (Phi) is 6.97. The maximum absolute atomic E-state index is 13.1. The van der Waals surface area contributed by atoms with Crippen molar-refractivity contribution in [2.45, 2.75) is 32.7 Å². The molecule has 1 amide bonds.